The zero-order chi connectivity index (χ0) is 20.9. The number of carbonyl (C=O) groups is 1. The van der Waals surface area contributed by atoms with Gasteiger partial charge in [-0.3, -0.25) is 0 Å². The van der Waals surface area contributed by atoms with E-state index < -0.39 is 6.04 Å². The Morgan fingerprint density at radius 3 is 2.70 bits per heavy atom. The largest absolute Gasteiger partial charge is 0.494 e. The lowest BCUT2D eigenvalue weighted by molar-refractivity contribution is -0.146. The molecule has 1 aromatic carbocycles. The number of anilines is 1. The Balaban J connectivity index is 1.60. The average molecular weight is 412 g/mol. The van der Waals surface area contributed by atoms with Gasteiger partial charge in [0.05, 0.1) is 12.2 Å². The van der Waals surface area contributed by atoms with Crippen molar-refractivity contribution in [2.24, 2.45) is 0 Å². The Labute approximate surface area is 176 Å². The fourth-order valence-electron chi connectivity index (χ4n) is 4.06. The standard InChI is InChI=1S/C22H29N5O3/c1-3-4-14-29-17-12-10-16(11-13-17)20-19(15(2)23-22-24-25-26-27(20)22)21(28)30-18-8-6-5-7-9-18/h10-13,18,20H,3-9,14H2,1-2H3,(H,23,24,26). The molecule has 2 aliphatic rings. The molecule has 4 rings (SSSR count). The normalized spacial score (nSPS) is 19.2. The lowest BCUT2D eigenvalue weighted by Gasteiger charge is -2.29. The molecule has 160 valence electrons. The van der Waals surface area contributed by atoms with Crippen LogP contribution in [0.3, 0.4) is 0 Å². The van der Waals surface area contributed by atoms with Crippen LogP contribution in [0, 0.1) is 0 Å². The van der Waals surface area contributed by atoms with Crippen LogP contribution >= 0.6 is 0 Å². The second kappa shape index (κ2) is 9.28. The molecule has 1 aliphatic heterocycles. The van der Waals surface area contributed by atoms with Crippen LogP contribution in [0.15, 0.2) is 35.5 Å². The van der Waals surface area contributed by atoms with Crippen LogP contribution < -0.4 is 10.1 Å². The molecule has 1 saturated carbocycles. The van der Waals surface area contributed by atoms with E-state index >= 15 is 0 Å². The van der Waals surface area contributed by atoms with E-state index in [1.165, 1.54) is 6.42 Å². The number of unbranched alkanes of at least 4 members (excludes halogenated alkanes) is 1. The molecule has 2 heterocycles. The van der Waals surface area contributed by atoms with Gasteiger partial charge in [0.25, 0.3) is 0 Å². The van der Waals surface area contributed by atoms with E-state index in [9.17, 15) is 4.79 Å². The minimum atomic E-state index is -0.447. The van der Waals surface area contributed by atoms with Crippen molar-refractivity contribution in [3.05, 3.63) is 41.1 Å². The number of carbonyl (C=O) groups excluding carboxylic acids is 1. The maximum Gasteiger partial charge on any atom is 0.338 e. The van der Waals surface area contributed by atoms with E-state index in [2.05, 4.69) is 27.8 Å². The molecular formula is C22H29N5O3. The number of aromatic nitrogens is 4. The zero-order valence-corrected chi connectivity index (χ0v) is 17.6. The Hall–Kier alpha value is -2.90. The average Bonchev–Trinajstić information content (AvgIpc) is 3.22. The number of hydrogen-bond donors (Lipinski definition) is 1. The van der Waals surface area contributed by atoms with E-state index in [0.717, 1.165) is 49.8 Å². The summed E-state index contributed by atoms with van der Waals surface area (Å²) in [5.74, 6) is 1.02. The molecule has 30 heavy (non-hydrogen) atoms. The van der Waals surface area contributed by atoms with Gasteiger partial charge in [0.15, 0.2) is 0 Å². The van der Waals surface area contributed by atoms with E-state index in [-0.39, 0.29) is 12.1 Å². The summed E-state index contributed by atoms with van der Waals surface area (Å²) in [4.78, 5) is 13.2. The second-order valence-electron chi connectivity index (χ2n) is 7.95. The SMILES string of the molecule is CCCCOc1ccc(C2C(C(=O)OC3CCCCC3)=C(C)Nc3nnnn32)cc1. The van der Waals surface area contributed by atoms with Crippen molar-refractivity contribution >= 4 is 11.9 Å². The summed E-state index contributed by atoms with van der Waals surface area (Å²) in [6.07, 6.45) is 7.36. The molecule has 1 atom stereocenters. The molecule has 0 amide bonds. The van der Waals surface area contributed by atoms with Crippen LogP contribution in [0.5, 0.6) is 5.75 Å². The van der Waals surface area contributed by atoms with Gasteiger partial charge in [0, 0.05) is 5.70 Å². The first kappa shape index (κ1) is 20.4. The lowest BCUT2D eigenvalue weighted by atomic mass is 9.95. The summed E-state index contributed by atoms with van der Waals surface area (Å²) >= 11 is 0. The minimum Gasteiger partial charge on any atom is -0.494 e. The maximum absolute atomic E-state index is 13.2. The van der Waals surface area contributed by atoms with Crippen LogP contribution in [0.1, 0.15) is 70.4 Å². The van der Waals surface area contributed by atoms with Gasteiger partial charge < -0.3 is 14.8 Å². The van der Waals surface area contributed by atoms with Gasteiger partial charge >= 0.3 is 5.97 Å². The van der Waals surface area contributed by atoms with Gasteiger partial charge in [-0.25, -0.2) is 4.79 Å². The highest BCUT2D eigenvalue weighted by Crippen LogP contribution is 2.36. The molecule has 0 spiro atoms. The van der Waals surface area contributed by atoms with Gasteiger partial charge in [0.2, 0.25) is 5.95 Å². The molecule has 0 saturated heterocycles. The van der Waals surface area contributed by atoms with Crippen molar-refractivity contribution in [2.45, 2.75) is 70.9 Å². The number of hydrogen-bond acceptors (Lipinski definition) is 7. The topological polar surface area (TPSA) is 91.2 Å². The predicted molar refractivity (Wildman–Crippen MR) is 112 cm³/mol. The quantitative estimate of drug-likeness (QED) is 0.543. The number of nitrogens with one attached hydrogen (secondary N) is 1. The molecule has 8 heteroatoms. The summed E-state index contributed by atoms with van der Waals surface area (Å²) in [5, 5.41) is 15.1. The molecule has 1 aromatic heterocycles. The summed E-state index contributed by atoms with van der Waals surface area (Å²) in [7, 11) is 0. The van der Waals surface area contributed by atoms with Crippen LogP contribution in [0.25, 0.3) is 0 Å². The van der Waals surface area contributed by atoms with Crippen molar-refractivity contribution in [2.75, 3.05) is 11.9 Å². The Bertz CT molecular complexity index is 900. The van der Waals surface area contributed by atoms with Gasteiger partial charge in [-0.15, -0.1) is 0 Å². The first-order chi connectivity index (χ1) is 14.7. The second-order valence-corrected chi connectivity index (χ2v) is 7.95. The van der Waals surface area contributed by atoms with Crippen molar-refractivity contribution in [1.29, 1.82) is 0 Å². The first-order valence-electron chi connectivity index (χ1n) is 10.9. The number of benzene rings is 1. The van der Waals surface area contributed by atoms with Crippen LogP contribution in [0.4, 0.5) is 5.95 Å². The number of esters is 1. The summed E-state index contributed by atoms with van der Waals surface area (Å²) in [5.41, 5.74) is 2.16. The van der Waals surface area contributed by atoms with E-state index in [1.807, 2.05) is 31.2 Å². The van der Waals surface area contributed by atoms with Crippen molar-refractivity contribution in [3.8, 4) is 5.75 Å². The molecule has 8 nitrogen and oxygen atoms in total. The molecule has 0 bridgehead atoms. The van der Waals surface area contributed by atoms with Gasteiger partial charge in [0.1, 0.15) is 17.9 Å². The molecule has 2 aromatic rings. The summed E-state index contributed by atoms with van der Waals surface area (Å²) in [6, 6.07) is 7.33. The first-order valence-corrected chi connectivity index (χ1v) is 10.9. The Morgan fingerprint density at radius 1 is 1.20 bits per heavy atom. The number of fused-ring (bicyclic) bond motifs is 1. The Kier molecular flexibility index (Phi) is 6.30. The van der Waals surface area contributed by atoms with E-state index in [0.29, 0.717) is 23.8 Å². The van der Waals surface area contributed by atoms with Gasteiger partial charge in [-0.1, -0.05) is 37.0 Å². The van der Waals surface area contributed by atoms with Crippen molar-refractivity contribution in [1.82, 2.24) is 20.2 Å². The third kappa shape index (κ3) is 4.32. The zero-order valence-electron chi connectivity index (χ0n) is 17.6. The third-order valence-electron chi connectivity index (χ3n) is 5.72. The highest BCUT2D eigenvalue weighted by atomic mass is 16.5. The fourth-order valence-corrected chi connectivity index (χ4v) is 4.06. The smallest absolute Gasteiger partial charge is 0.338 e. The molecular weight excluding hydrogens is 382 g/mol. The van der Waals surface area contributed by atoms with Crippen LogP contribution in [-0.4, -0.2) is 38.9 Å². The number of ether oxygens (including phenoxy) is 2. The summed E-state index contributed by atoms with van der Waals surface area (Å²) in [6.45, 7) is 4.69. The highest BCUT2D eigenvalue weighted by Gasteiger charge is 2.36. The number of rotatable bonds is 7. The molecule has 1 unspecified atom stereocenters. The third-order valence-corrected chi connectivity index (χ3v) is 5.72. The van der Waals surface area contributed by atoms with Gasteiger partial charge in [-0.05, 0) is 67.2 Å². The number of allylic oxidation sites excluding steroid dienone is 1. The van der Waals surface area contributed by atoms with E-state index in [4.69, 9.17) is 9.47 Å². The molecule has 1 N–H and O–H groups in total. The lowest BCUT2D eigenvalue weighted by Crippen LogP contribution is -2.32. The van der Waals surface area contributed by atoms with Gasteiger partial charge in [-0.2, -0.15) is 4.68 Å². The van der Waals surface area contributed by atoms with E-state index in [1.54, 1.807) is 4.68 Å². The molecule has 0 radical (unpaired) electrons. The number of nitrogens with zero attached hydrogens (tertiary/aromatic N) is 4. The number of tetrazole rings is 1. The van der Waals surface area contributed by atoms with Crippen molar-refractivity contribution in [3.63, 3.8) is 0 Å². The fraction of sp³-hybridized carbons (Fsp3) is 0.545. The Morgan fingerprint density at radius 2 is 1.97 bits per heavy atom. The predicted octanol–water partition coefficient (Wildman–Crippen LogP) is 4.02. The van der Waals surface area contributed by atoms with Crippen molar-refractivity contribution < 1.29 is 14.3 Å². The monoisotopic (exact) mass is 411 g/mol. The summed E-state index contributed by atoms with van der Waals surface area (Å²) < 4.78 is 13.3. The minimum absolute atomic E-state index is 0.0168. The van der Waals surface area contributed by atoms with Crippen LogP contribution in [-0.2, 0) is 9.53 Å². The van der Waals surface area contributed by atoms with Crippen LogP contribution in [0.2, 0.25) is 0 Å². The highest BCUT2D eigenvalue weighted by molar-refractivity contribution is 5.92. The molecule has 1 aliphatic carbocycles. The molecule has 1 fully saturated rings. The maximum atomic E-state index is 13.2.